The summed E-state index contributed by atoms with van der Waals surface area (Å²) < 4.78 is 0. The van der Waals surface area contributed by atoms with Gasteiger partial charge in [0.1, 0.15) is 5.75 Å². The minimum atomic E-state index is -0.445. The van der Waals surface area contributed by atoms with Gasteiger partial charge in [0.2, 0.25) is 5.91 Å². The fourth-order valence-corrected chi connectivity index (χ4v) is 2.07. The van der Waals surface area contributed by atoms with Crippen molar-refractivity contribution in [1.29, 1.82) is 0 Å². The lowest BCUT2D eigenvalue weighted by Gasteiger charge is -2.08. The molecule has 4 N–H and O–H groups in total. The van der Waals surface area contributed by atoms with Crippen LogP contribution in [0.2, 0.25) is 5.02 Å². The number of halogens is 1. The quantitative estimate of drug-likeness (QED) is 0.792. The highest BCUT2D eigenvalue weighted by Crippen LogP contribution is 2.26. The van der Waals surface area contributed by atoms with E-state index in [1.165, 1.54) is 0 Å². The molecule has 104 valence electrons. The van der Waals surface area contributed by atoms with Gasteiger partial charge in [0, 0.05) is 24.2 Å². The van der Waals surface area contributed by atoms with Crippen LogP contribution < -0.4 is 11.1 Å². The maximum atomic E-state index is 11.1. The Hall–Kier alpha value is -2.04. The Morgan fingerprint density at radius 2 is 1.95 bits per heavy atom. The molecule has 20 heavy (non-hydrogen) atoms. The van der Waals surface area contributed by atoms with Gasteiger partial charge in [0.25, 0.3) is 0 Å². The third kappa shape index (κ3) is 3.50. The molecule has 0 heterocycles. The third-order valence-electron chi connectivity index (χ3n) is 2.93. The summed E-state index contributed by atoms with van der Waals surface area (Å²) in [5, 5.41) is 13.3. The number of nitrogens with one attached hydrogen (secondary N) is 1. The number of aromatic hydroxyl groups is 1. The minimum absolute atomic E-state index is 0.0903. The first-order valence-electron chi connectivity index (χ1n) is 6.13. The lowest BCUT2D eigenvalue weighted by Crippen LogP contribution is -2.15. The maximum Gasteiger partial charge on any atom is 0.248 e. The molecule has 0 spiro atoms. The summed E-state index contributed by atoms with van der Waals surface area (Å²) in [6.07, 6.45) is 0. The molecule has 2 rings (SSSR count). The lowest BCUT2D eigenvalue weighted by molar-refractivity contribution is 0.1000. The smallest absolute Gasteiger partial charge is 0.248 e. The Bertz CT molecular complexity index is 629. The van der Waals surface area contributed by atoms with Gasteiger partial charge in [-0.25, -0.2) is 0 Å². The van der Waals surface area contributed by atoms with Crippen molar-refractivity contribution in [3.8, 4) is 5.75 Å². The molecule has 0 aliphatic heterocycles. The summed E-state index contributed by atoms with van der Waals surface area (Å²) >= 11 is 5.84. The van der Waals surface area contributed by atoms with Gasteiger partial charge in [-0.1, -0.05) is 35.9 Å². The first kappa shape index (κ1) is 14.4. The molecule has 0 unspecified atom stereocenters. The number of hydrogen-bond donors (Lipinski definition) is 3. The van der Waals surface area contributed by atoms with Crippen molar-refractivity contribution in [2.75, 3.05) is 0 Å². The highest BCUT2D eigenvalue weighted by molar-refractivity contribution is 6.32. The summed E-state index contributed by atoms with van der Waals surface area (Å²) in [4.78, 5) is 11.1. The second kappa shape index (κ2) is 6.41. The number of nitrogens with two attached hydrogens (primary N) is 1. The second-order valence-corrected chi connectivity index (χ2v) is 4.82. The van der Waals surface area contributed by atoms with Crippen LogP contribution in [0.1, 0.15) is 21.5 Å². The standard InChI is InChI=1S/C15H15ClN2O2/c16-13-6-2-5-12(14(13)19)9-18-8-10-3-1-4-11(7-10)15(17)20/h1-7,18-19H,8-9H2,(H2,17,20). The van der Waals surface area contributed by atoms with Crippen LogP contribution >= 0.6 is 11.6 Å². The summed E-state index contributed by atoms with van der Waals surface area (Å²) in [6, 6.07) is 12.3. The molecule has 0 atom stereocenters. The van der Waals surface area contributed by atoms with Gasteiger partial charge in [-0.3, -0.25) is 4.79 Å². The second-order valence-electron chi connectivity index (χ2n) is 4.42. The van der Waals surface area contributed by atoms with Gasteiger partial charge in [-0.15, -0.1) is 0 Å². The Kier molecular flexibility index (Phi) is 4.61. The Labute approximate surface area is 122 Å². The molecule has 0 saturated heterocycles. The van der Waals surface area contributed by atoms with Crippen LogP contribution in [0.25, 0.3) is 0 Å². The van der Waals surface area contributed by atoms with E-state index in [0.717, 1.165) is 11.1 Å². The summed E-state index contributed by atoms with van der Waals surface area (Å²) in [6.45, 7) is 1.04. The van der Waals surface area contributed by atoms with E-state index in [9.17, 15) is 9.90 Å². The van der Waals surface area contributed by atoms with Crippen LogP contribution in [-0.4, -0.2) is 11.0 Å². The largest absolute Gasteiger partial charge is 0.506 e. The molecule has 2 aromatic rings. The zero-order chi connectivity index (χ0) is 14.5. The van der Waals surface area contributed by atoms with Gasteiger partial charge in [-0.2, -0.15) is 0 Å². The monoisotopic (exact) mass is 290 g/mol. The van der Waals surface area contributed by atoms with E-state index in [1.807, 2.05) is 6.07 Å². The van der Waals surface area contributed by atoms with Crippen LogP contribution in [0.3, 0.4) is 0 Å². The van der Waals surface area contributed by atoms with Crippen molar-refractivity contribution in [3.05, 3.63) is 64.2 Å². The van der Waals surface area contributed by atoms with E-state index in [-0.39, 0.29) is 5.75 Å². The van der Waals surface area contributed by atoms with E-state index < -0.39 is 5.91 Å². The highest BCUT2D eigenvalue weighted by Gasteiger charge is 2.05. The topological polar surface area (TPSA) is 75.4 Å². The zero-order valence-corrected chi connectivity index (χ0v) is 11.5. The number of phenolic OH excluding ortho intramolecular Hbond substituents is 1. The van der Waals surface area contributed by atoms with E-state index >= 15 is 0 Å². The first-order valence-corrected chi connectivity index (χ1v) is 6.51. The van der Waals surface area contributed by atoms with Crippen molar-refractivity contribution in [1.82, 2.24) is 5.32 Å². The van der Waals surface area contributed by atoms with Gasteiger partial charge in [0.05, 0.1) is 5.02 Å². The van der Waals surface area contributed by atoms with Gasteiger partial charge < -0.3 is 16.2 Å². The van der Waals surface area contributed by atoms with Gasteiger partial charge in [-0.05, 0) is 23.8 Å². The summed E-state index contributed by atoms with van der Waals surface area (Å²) in [5.41, 5.74) is 7.39. The molecule has 5 heteroatoms. The van der Waals surface area contributed by atoms with Gasteiger partial charge >= 0.3 is 0 Å². The van der Waals surface area contributed by atoms with Gasteiger partial charge in [0.15, 0.2) is 0 Å². The van der Waals surface area contributed by atoms with Crippen LogP contribution in [0.5, 0.6) is 5.75 Å². The fraction of sp³-hybridized carbons (Fsp3) is 0.133. The van der Waals surface area contributed by atoms with Crippen LogP contribution in [-0.2, 0) is 13.1 Å². The zero-order valence-electron chi connectivity index (χ0n) is 10.8. The molecule has 0 aliphatic carbocycles. The number of primary amides is 1. The fourth-order valence-electron chi connectivity index (χ4n) is 1.88. The van der Waals surface area contributed by atoms with Crippen LogP contribution in [0.4, 0.5) is 0 Å². The van der Waals surface area contributed by atoms with E-state index in [4.69, 9.17) is 17.3 Å². The van der Waals surface area contributed by atoms with Crippen LogP contribution in [0.15, 0.2) is 42.5 Å². The number of amides is 1. The highest BCUT2D eigenvalue weighted by atomic mass is 35.5. The number of hydrogen-bond acceptors (Lipinski definition) is 3. The molecule has 4 nitrogen and oxygen atoms in total. The van der Waals surface area contributed by atoms with Crippen molar-refractivity contribution >= 4 is 17.5 Å². The predicted octanol–water partition coefficient (Wildman–Crippen LogP) is 2.43. The van der Waals surface area contributed by atoms with Crippen molar-refractivity contribution in [3.63, 3.8) is 0 Å². The minimum Gasteiger partial charge on any atom is -0.506 e. The Morgan fingerprint density at radius 3 is 2.70 bits per heavy atom. The number of benzene rings is 2. The van der Waals surface area contributed by atoms with E-state index in [0.29, 0.717) is 23.7 Å². The predicted molar refractivity (Wildman–Crippen MR) is 78.6 cm³/mol. The molecule has 0 bridgehead atoms. The maximum absolute atomic E-state index is 11.1. The summed E-state index contributed by atoms with van der Waals surface area (Å²) in [7, 11) is 0. The van der Waals surface area contributed by atoms with Crippen molar-refractivity contribution in [2.45, 2.75) is 13.1 Å². The number of carbonyl (C=O) groups excluding carboxylic acids is 1. The molecule has 1 amide bonds. The SMILES string of the molecule is NC(=O)c1cccc(CNCc2cccc(Cl)c2O)c1. The van der Waals surface area contributed by atoms with E-state index in [2.05, 4.69) is 5.32 Å². The first-order chi connectivity index (χ1) is 9.58. The Balaban J connectivity index is 1.98. The molecule has 0 saturated carbocycles. The third-order valence-corrected chi connectivity index (χ3v) is 3.23. The molecule has 0 fully saturated rings. The normalized spacial score (nSPS) is 10.4. The Morgan fingerprint density at radius 1 is 1.20 bits per heavy atom. The molecular weight excluding hydrogens is 276 g/mol. The molecule has 2 aromatic carbocycles. The molecular formula is C15H15ClN2O2. The van der Waals surface area contributed by atoms with Crippen molar-refractivity contribution < 1.29 is 9.90 Å². The van der Waals surface area contributed by atoms with Crippen LogP contribution in [0, 0.1) is 0 Å². The van der Waals surface area contributed by atoms with E-state index in [1.54, 1.807) is 36.4 Å². The molecule has 0 radical (unpaired) electrons. The average Bonchev–Trinajstić information content (AvgIpc) is 2.44. The molecule has 0 aliphatic rings. The number of phenols is 1. The number of carbonyl (C=O) groups is 1. The molecule has 0 aromatic heterocycles. The number of rotatable bonds is 5. The lowest BCUT2D eigenvalue weighted by atomic mass is 10.1. The summed E-state index contributed by atoms with van der Waals surface area (Å²) in [5.74, 6) is -0.355. The average molecular weight is 291 g/mol. The number of para-hydroxylation sites is 1. The van der Waals surface area contributed by atoms with Crippen molar-refractivity contribution in [2.24, 2.45) is 5.73 Å².